The van der Waals surface area contributed by atoms with Crippen molar-refractivity contribution in [3.05, 3.63) is 47.2 Å². The van der Waals surface area contributed by atoms with Gasteiger partial charge in [0.15, 0.2) is 5.69 Å². The molecule has 1 saturated heterocycles. The Morgan fingerprint density at radius 3 is 2.50 bits per heavy atom. The molecule has 0 unspecified atom stereocenters. The predicted molar refractivity (Wildman–Crippen MR) is 115 cm³/mol. The zero-order valence-electron chi connectivity index (χ0n) is 17.6. The van der Waals surface area contributed by atoms with Crippen molar-refractivity contribution in [3.63, 3.8) is 0 Å². The number of halogens is 1. The van der Waals surface area contributed by atoms with Crippen LogP contribution in [0.1, 0.15) is 31.3 Å². The molecule has 9 heteroatoms. The molecule has 1 aromatic heterocycles. The van der Waals surface area contributed by atoms with Gasteiger partial charge in [-0.2, -0.15) is 5.10 Å². The summed E-state index contributed by atoms with van der Waals surface area (Å²) in [5, 5.41) is 7.78. The number of nitrogens with one attached hydrogen (secondary N) is 1. The second-order valence-corrected chi connectivity index (χ2v) is 8.57. The van der Waals surface area contributed by atoms with E-state index in [1.165, 1.54) is 0 Å². The molecular weight excluding hydrogens is 406 g/mol. The molecule has 0 aliphatic carbocycles. The van der Waals surface area contributed by atoms with Gasteiger partial charge in [-0.25, -0.2) is 9.48 Å². The highest BCUT2D eigenvalue weighted by Gasteiger charge is 2.25. The van der Waals surface area contributed by atoms with Gasteiger partial charge in [-0.05, 0) is 39.0 Å². The standard InChI is InChI=1S/C21H28ClN5O3/c1-21(2,3)30-20(29)26-14-12-25(13-15-26)11-9-23-19(28)17-8-10-27(24-17)18-7-5-4-6-16(18)22/h4-8,10H,9,11-15H2,1-3H3,(H,23,28). The van der Waals surface area contributed by atoms with Crippen molar-refractivity contribution in [3.8, 4) is 5.69 Å². The van der Waals surface area contributed by atoms with Crippen LogP contribution in [0.4, 0.5) is 4.79 Å². The van der Waals surface area contributed by atoms with Crippen LogP contribution in [0, 0.1) is 0 Å². The number of hydrogen-bond acceptors (Lipinski definition) is 5. The molecule has 0 atom stereocenters. The maximum absolute atomic E-state index is 12.4. The van der Waals surface area contributed by atoms with Gasteiger partial charge < -0.3 is 15.0 Å². The molecule has 1 N–H and O–H groups in total. The lowest BCUT2D eigenvalue weighted by Gasteiger charge is -2.35. The summed E-state index contributed by atoms with van der Waals surface area (Å²) in [5.41, 5.74) is 0.572. The molecule has 0 bridgehead atoms. The van der Waals surface area contributed by atoms with Gasteiger partial charge in [0.25, 0.3) is 5.91 Å². The summed E-state index contributed by atoms with van der Waals surface area (Å²) < 4.78 is 7.00. The minimum atomic E-state index is -0.489. The number of hydrogen-bond donors (Lipinski definition) is 1. The predicted octanol–water partition coefficient (Wildman–Crippen LogP) is 2.81. The Hall–Kier alpha value is -2.58. The Bertz CT molecular complexity index is 885. The second-order valence-electron chi connectivity index (χ2n) is 8.16. The molecule has 2 aromatic rings. The van der Waals surface area contributed by atoms with Gasteiger partial charge in [-0.3, -0.25) is 9.69 Å². The topological polar surface area (TPSA) is 79.7 Å². The number of nitrogens with zero attached hydrogens (tertiary/aromatic N) is 4. The zero-order chi connectivity index (χ0) is 21.7. The molecule has 2 heterocycles. The fourth-order valence-corrected chi connectivity index (χ4v) is 3.34. The van der Waals surface area contributed by atoms with Crippen LogP contribution in [-0.4, -0.2) is 76.5 Å². The van der Waals surface area contributed by atoms with E-state index in [-0.39, 0.29) is 12.0 Å². The molecule has 1 aliphatic heterocycles. The minimum Gasteiger partial charge on any atom is -0.444 e. The lowest BCUT2D eigenvalue weighted by molar-refractivity contribution is 0.0147. The summed E-state index contributed by atoms with van der Waals surface area (Å²) in [6, 6.07) is 8.99. The van der Waals surface area contributed by atoms with E-state index in [9.17, 15) is 9.59 Å². The van der Waals surface area contributed by atoms with E-state index in [1.807, 2.05) is 39.0 Å². The van der Waals surface area contributed by atoms with Gasteiger partial charge in [0.05, 0.1) is 10.7 Å². The highest BCUT2D eigenvalue weighted by atomic mass is 35.5. The van der Waals surface area contributed by atoms with Gasteiger partial charge in [0.2, 0.25) is 0 Å². The molecule has 2 amide bonds. The molecular formula is C21H28ClN5O3. The number of rotatable bonds is 5. The van der Waals surface area contributed by atoms with Crippen LogP contribution in [0.5, 0.6) is 0 Å². The average molecular weight is 434 g/mol. The summed E-state index contributed by atoms with van der Waals surface area (Å²) in [4.78, 5) is 28.4. The summed E-state index contributed by atoms with van der Waals surface area (Å²) in [7, 11) is 0. The molecule has 8 nitrogen and oxygen atoms in total. The van der Waals surface area contributed by atoms with Crippen molar-refractivity contribution in [2.75, 3.05) is 39.3 Å². The molecule has 0 radical (unpaired) electrons. The van der Waals surface area contributed by atoms with Crippen molar-refractivity contribution < 1.29 is 14.3 Å². The Morgan fingerprint density at radius 2 is 1.83 bits per heavy atom. The van der Waals surface area contributed by atoms with Crippen molar-refractivity contribution in [2.45, 2.75) is 26.4 Å². The third-order valence-electron chi connectivity index (χ3n) is 4.66. The molecule has 0 saturated carbocycles. The first-order valence-corrected chi connectivity index (χ1v) is 10.4. The molecule has 0 spiro atoms. The first-order chi connectivity index (χ1) is 14.2. The maximum atomic E-state index is 12.4. The lowest BCUT2D eigenvalue weighted by Crippen LogP contribution is -2.51. The van der Waals surface area contributed by atoms with Crippen LogP contribution in [0.15, 0.2) is 36.5 Å². The monoisotopic (exact) mass is 433 g/mol. The fourth-order valence-electron chi connectivity index (χ4n) is 3.12. The molecule has 1 fully saturated rings. The third-order valence-corrected chi connectivity index (χ3v) is 4.98. The second kappa shape index (κ2) is 9.49. The van der Waals surface area contributed by atoms with Crippen LogP contribution in [0.2, 0.25) is 5.02 Å². The summed E-state index contributed by atoms with van der Waals surface area (Å²) in [5.74, 6) is -0.229. The quantitative estimate of drug-likeness (QED) is 0.784. The van der Waals surface area contributed by atoms with Crippen molar-refractivity contribution in [2.24, 2.45) is 0 Å². The van der Waals surface area contributed by atoms with Gasteiger partial charge in [0.1, 0.15) is 5.60 Å². The van der Waals surface area contributed by atoms with Crippen LogP contribution >= 0.6 is 11.6 Å². The van der Waals surface area contributed by atoms with E-state index >= 15 is 0 Å². The number of piperazine rings is 1. The maximum Gasteiger partial charge on any atom is 0.410 e. The largest absolute Gasteiger partial charge is 0.444 e. The number of benzene rings is 1. The Morgan fingerprint density at radius 1 is 1.13 bits per heavy atom. The van der Waals surface area contributed by atoms with E-state index in [4.69, 9.17) is 16.3 Å². The number of carbonyl (C=O) groups excluding carboxylic acids is 2. The van der Waals surface area contributed by atoms with Crippen molar-refractivity contribution in [1.82, 2.24) is 24.9 Å². The van der Waals surface area contributed by atoms with Crippen LogP contribution in [0.3, 0.4) is 0 Å². The summed E-state index contributed by atoms with van der Waals surface area (Å²) in [6.45, 7) is 9.52. The SMILES string of the molecule is CC(C)(C)OC(=O)N1CCN(CCNC(=O)c2ccn(-c3ccccc3Cl)n2)CC1. The zero-order valence-corrected chi connectivity index (χ0v) is 18.4. The van der Waals surface area contributed by atoms with E-state index < -0.39 is 5.60 Å². The van der Waals surface area contributed by atoms with Gasteiger partial charge in [-0.1, -0.05) is 23.7 Å². The van der Waals surface area contributed by atoms with Gasteiger partial charge in [0, 0.05) is 45.5 Å². The van der Waals surface area contributed by atoms with E-state index in [1.54, 1.807) is 27.9 Å². The van der Waals surface area contributed by atoms with Crippen LogP contribution in [-0.2, 0) is 4.74 Å². The van der Waals surface area contributed by atoms with E-state index in [0.717, 1.165) is 18.8 Å². The molecule has 162 valence electrons. The Kier molecular flexibility index (Phi) is 6.99. The van der Waals surface area contributed by atoms with Gasteiger partial charge in [-0.15, -0.1) is 0 Å². The smallest absolute Gasteiger partial charge is 0.410 e. The molecule has 3 rings (SSSR count). The molecule has 30 heavy (non-hydrogen) atoms. The van der Waals surface area contributed by atoms with E-state index in [0.29, 0.717) is 36.9 Å². The number of para-hydroxylation sites is 1. The fraction of sp³-hybridized carbons (Fsp3) is 0.476. The Labute approximate surface area is 181 Å². The van der Waals surface area contributed by atoms with Crippen LogP contribution < -0.4 is 5.32 Å². The lowest BCUT2D eigenvalue weighted by atomic mass is 10.2. The minimum absolute atomic E-state index is 0.229. The number of amides is 2. The molecule has 1 aliphatic rings. The van der Waals surface area contributed by atoms with E-state index in [2.05, 4.69) is 15.3 Å². The van der Waals surface area contributed by atoms with Crippen molar-refractivity contribution in [1.29, 1.82) is 0 Å². The van der Waals surface area contributed by atoms with Crippen molar-refractivity contribution >= 4 is 23.6 Å². The number of aromatic nitrogens is 2. The average Bonchev–Trinajstić information content (AvgIpc) is 3.17. The third kappa shape index (κ3) is 5.96. The summed E-state index contributed by atoms with van der Waals surface area (Å²) in [6.07, 6.45) is 1.44. The van der Waals surface area contributed by atoms with Crippen LogP contribution in [0.25, 0.3) is 5.69 Å². The molecule has 1 aromatic carbocycles. The first kappa shape index (κ1) is 22.1. The summed E-state index contributed by atoms with van der Waals surface area (Å²) >= 11 is 6.18. The highest BCUT2D eigenvalue weighted by Crippen LogP contribution is 2.19. The first-order valence-electron chi connectivity index (χ1n) is 10.0. The Balaban J connectivity index is 1.42. The number of ether oxygens (including phenoxy) is 1. The highest BCUT2D eigenvalue weighted by molar-refractivity contribution is 6.32. The normalized spacial score (nSPS) is 15.1. The van der Waals surface area contributed by atoms with Gasteiger partial charge >= 0.3 is 6.09 Å². The number of carbonyl (C=O) groups is 2.